The van der Waals surface area contributed by atoms with E-state index in [4.69, 9.17) is 12.2 Å². The Bertz CT molecular complexity index is 539. The fraction of sp³-hybridized carbons (Fsp3) is 0.235. The van der Waals surface area contributed by atoms with Gasteiger partial charge in [0.15, 0.2) is 0 Å². The van der Waals surface area contributed by atoms with E-state index >= 15 is 0 Å². The lowest BCUT2D eigenvalue weighted by atomic mass is 10.0. The van der Waals surface area contributed by atoms with Gasteiger partial charge in [0, 0.05) is 5.56 Å². The van der Waals surface area contributed by atoms with Gasteiger partial charge in [0.2, 0.25) is 0 Å². The SMILES string of the molecule is C[C@@H](O)C[C@@H](NC(=S)c1ccccc1)c1ccccc1. The molecule has 3 heteroatoms. The molecule has 0 saturated carbocycles. The first-order chi connectivity index (χ1) is 9.66. The van der Waals surface area contributed by atoms with E-state index in [1.54, 1.807) is 6.92 Å². The van der Waals surface area contributed by atoms with Gasteiger partial charge in [0.05, 0.1) is 12.1 Å². The van der Waals surface area contributed by atoms with Crippen LogP contribution in [0.2, 0.25) is 0 Å². The average Bonchev–Trinajstić information content (AvgIpc) is 2.48. The smallest absolute Gasteiger partial charge is 0.107 e. The molecule has 0 bridgehead atoms. The Morgan fingerprint density at radius 1 is 1.05 bits per heavy atom. The number of thiocarbonyl (C=S) groups is 1. The largest absolute Gasteiger partial charge is 0.393 e. The number of nitrogens with one attached hydrogen (secondary N) is 1. The van der Waals surface area contributed by atoms with Crippen LogP contribution in [0.15, 0.2) is 60.7 Å². The summed E-state index contributed by atoms with van der Waals surface area (Å²) in [6.45, 7) is 1.79. The molecule has 2 atom stereocenters. The number of hydrogen-bond acceptors (Lipinski definition) is 2. The Hall–Kier alpha value is -1.71. The number of aliphatic hydroxyl groups excluding tert-OH is 1. The topological polar surface area (TPSA) is 32.3 Å². The van der Waals surface area contributed by atoms with Gasteiger partial charge in [-0.1, -0.05) is 72.9 Å². The molecule has 2 aromatic carbocycles. The molecule has 2 aromatic rings. The van der Waals surface area contributed by atoms with Crippen LogP contribution in [0.4, 0.5) is 0 Å². The second-order valence-corrected chi connectivity index (χ2v) is 5.30. The third kappa shape index (κ3) is 4.15. The van der Waals surface area contributed by atoms with Crippen molar-refractivity contribution in [1.29, 1.82) is 0 Å². The van der Waals surface area contributed by atoms with Crippen molar-refractivity contribution in [1.82, 2.24) is 5.32 Å². The molecule has 0 amide bonds. The number of aliphatic hydroxyl groups is 1. The predicted molar refractivity (Wildman–Crippen MR) is 86.8 cm³/mol. The highest BCUT2D eigenvalue weighted by atomic mass is 32.1. The maximum Gasteiger partial charge on any atom is 0.107 e. The van der Waals surface area contributed by atoms with E-state index in [0.29, 0.717) is 11.4 Å². The lowest BCUT2D eigenvalue weighted by molar-refractivity contribution is 0.172. The van der Waals surface area contributed by atoms with E-state index in [0.717, 1.165) is 11.1 Å². The molecule has 0 aliphatic carbocycles. The quantitative estimate of drug-likeness (QED) is 0.825. The zero-order chi connectivity index (χ0) is 14.4. The average molecular weight is 285 g/mol. The Balaban J connectivity index is 2.14. The van der Waals surface area contributed by atoms with Gasteiger partial charge < -0.3 is 10.4 Å². The summed E-state index contributed by atoms with van der Waals surface area (Å²) in [6, 6.07) is 20.0. The third-order valence-electron chi connectivity index (χ3n) is 3.12. The zero-order valence-electron chi connectivity index (χ0n) is 11.5. The summed E-state index contributed by atoms with van der Waals surface area (Å²) >= 11 is 5.46. The van der Waals surface area contributed by atoms with Gasteiger partial charge in [-0.3, -0.25) is 0 Å². The molecule has 2 nitrogen and oxygen atoms in total. The van der Waals surface area contributed by atoms with E-state index < -0.39 is 0 Å². The molecule has 0 fully saturated rings. The van der Waals surface area contributed by atoms with E-state index in [9.17, 15) is 5.11 Å². The monoisotopic (exact) mass is 285 g/mol. The predicted octanol–water partition coefficient (Wildman–Crippen LogP) is 3.46. The molecule has 0 heterocycles. The van der Waals surface area contributed by atoms with Crippen molar-refractivity contribution in [3.63, 3.8) is 0 Å². The molecule has 0 aromatic heterocycles. The van der Waals surface area contributed by atoms with E-state index in [2.05, 4.69) is 5.32 Å². The summed E-state index contributed by atoms with van der Waals surface area (Å²) in [7, 11) is 0. The third-order valence-corrected chi connectivity index (χ3v) is 3.47. The van der Waals surface area contributed by atoms with Crippen LogP contribution >= 0.6 is 12.2 Å². The van der Waals surface area contributed by atoms with Gasteiger partial charge in [0.1, 0.15) is 4.99 Å². The number of hydrogen-bond donors (Lipinski definition) is 2. The maximum atomic E-state index is 9.68. The second-order valence-electron chi connectivity index (χ2n) is 4.89. The molecular weight excluding hydrogens is 266 g/mol. The van der Waals surface area contributed by atoms with Crippen molar-refractivity contribution < 1.29 is 5.11 Å². The first-order valence-corrected chi connectivity index (χ1v) is 7.16. The van der Waals surface area contributed by atoms with Crippen LogP contribution in [0.3, 0.4) is 0 Å². The molecule has 0 saturated heterocycles. The van der Waals surface area contributed by atoms with Crippen LogP contribution in [0, 0.1) is 0 Å². The summed E-state index contributed by atoms with van der Waals surface area (Å²) in [5.74, 6) is 0. The fourth-order valence-corrected chi connectivity index (χ4v) is 2.41. The summed E-state index contributed by atoms with van der Waals surface area (Å²) < 4.78 is 0. The standard InChI is InChI=1S/C17H19NOS/c1-13(19)12-16(14-8-4-2-5-9-14)18-17(20)15-10-6-3-7-11-15/h2-11,13,16,19H,12H2,1H3,(H,18,20)/t13-,16-/m1/s1. The van der Waals surface area contributed by atoms with Gasteiger partial charge in [-0.05, 0) is 18.9 Å². The molecule has 0 unspecified atom stereocenters. The molecule has 2 rings (SSSR count). The lowest BCUT2D eigenvalue weighted by Crippen LogP contribution is -2.29. The van der Waals surface area contributed by atoms with E-state index in [1.165, 1.54) is 0 Å². The van der Waals surface area contributed by atoms with Crippen molar-refractivity contribution in [2.45, 2.75) is 25.5 Å². The first kappa shape index (κ1) is 14.7. The van der Waals surface area contributed by atoms with Crippen molar-refractivity contribution >= 4 is 17.2 Å². The van der Waals surface area contributed by atoms with Gasteiger partial charge in [0.25, 0.3) is 0 Å². The van der Waals surface area contributed by atoms with Gasteiger partial charge in [-0.25, -0.2) is 0 Å². The van der Waals surface area contributed by atoms with Gasteiger partial charge >= 0.3 is 0 Å². The normalized spacial score (nSPS) is 13.5. The van der Waals surface area contributed by atoms with Crippen LogP contribution in [-0.2, 0) is 0 Å². The Morgan fingerprint density at radius 2 is 1.60 bits per heavy atom. The molecule has 0 radical (unpaired) electrons. The number of rotatable bonds is 5. The summed E-state index contributed by atoms with van der Waals surface area (Å²) in [5, 5.41) is 13.0. The number of benzene rings is 2. The molecule has 104 valence electrons. The Labute approximate surface area is 125 Å². The Morgan fingerprint density at radius 3 is 2.15 bits per heavy atom. The lowest BCUT2D eigenvalue weighted by Gasteiger charge is -2.22. The molecular formula is C17H19NOS. The minimum Gasteiger partial charge on any atom is -0.393 e. The van der Waals surface area contributed by atoms with Gasteiger partial charge in [-0.15, -0.1) is 0 Å². The first-order valence-electron chi connectivity index (χ1n) is 6.75. The van der Waals surface area contributed by atoms with E-state index in [1.807, 2.05) is 60.7 Å². The van der Waals surface area contributed by atoms with Crippen LogP contribution < -0.4 is 5.32 Å². The van der Waals surface area contributed by atoms with Crippen LogP contribution in [0.5, 0.6) is 0 Å². The fourth-order valence-electron chi connectivity index (χ4n) is 2.14. The molecule has 0 spiro atoms. The minimum absolute atomic E-state index is 0.0175. The molecule has 0 aliphatic rings. The minimum atomic E-state index is -0.383. The highest BCUT2D eigenvalue weighted by Gasteiger charge is 2.15. The molecule has 0 aliphatic heterocycles. The van der Waals surface area contributed by atoms with E-state index in [-0.39, 0.29) is 12.1 Å². The highest BCUT2D eigenvalue weighted by molar-refractivity contribution is 7.80. The van der Waals surface area contributed by atoms with Crippen molar-refractivity contribution in [2.24, 2.45) is 0 Å². The Kier molecular flexibility index (Phi) is 5.27. The zero-order valence-corrected chi connectivity index (χ0v) is 12.3. The molecule has 2 N–H and O–H groups in total. The van der Waals surface area contributed by atoms with Crippen LogP contribution in [-0.4, -0.2) is 16.2 Å². The highest BCUT2D eigenvalue weighted by Crippen LogP contribution is 2.19. The van der Waals surface area contributed by atoms with Crippen LogP contribution in [0.1, 0.15) is 30.5 Å². The summed E-state index contributed by atoms with van der Waals surface area (Å²) in [4.78, 5) is 0.708. The summed E-state index contributed by atoms with van der Waals surface area (Å²) in [6.07, 6.45) is 0.239. The maximum absolute atomic E-state index is 9.68. The molecule has 20 heavy (non-hydrogen) atoms. The van der Waals surface area contributed by atoms with Crippen molar-refractivity contribution in [2.75, 3.05) is 0 Å². The van der Waals surface area contributed by atoms with Crippen molar-refractivity contribution in [3.8, 4) is 0 Å². The second kappa shape index (κ2) is 7.17. The van der Waals surface area contributed by atoms with Crippen LogP contribution in [0.25, 0.3) is 0 Å². The van der Waals surface area contributed by atoms with Crippen molar-refractivity contribution in [3.05, 3.63) is 71.8 Å². The summed E-state index contributed by atoms with van der Waals surface area (Å²) in [5.41, 5.74) is 2.13. The van der Waals surface area contributed by atoms with Gasteiger partial charge in [-0.2, -0.15) is 0 Å².